The molecule has 1 N–H and O–H groups in total. The van der Waals surface area contributed by atoms with Crippen molar-refractivity contribution in [2.24, 2.45) is 0 Å². The van der Waals surface area contributed by atoms with E-state index in [4.69, 9.17) is 5.11 Å². The van der Waals surface area contributed by atoms with Gasteiger partial charge in [0.05, 0.1) is 5.56 Å². The Balaban J connectivity index is 0. The van der Waals surface area contributed by atoms with Crippen molar-refractivity contribution < 1.29 is 45.7 Å². The smallest absolute Gasteiger partial charge is 1.00 e. The maximum atomic E-state index is 10.3. The topological polar surface area (TPSA) is 54.4 Å². The van der Waals surface area contributed by atoms with E-state index >= 15 is 0 Å². The number of carboxylic acid groups (broad SMARTS) is 1. The van der Waals surface area contributed by atoms with Gasteiger partial charge in [0.1, 0.15) is 6.29 Å². The van der Waals surface area contributed by atoms with Gasteiger partial charge < -0.3 is 6.53 Å². The van der Waals surface area contributed by atoms with E-state index in [1.54, 1.807) is 0 Å². The zero-order valence-corrected chi connectivity index (χ0v) is 8.65. The Morgan fingerprint density at radius 1 is 1.33 bits per heavy atom. The van der Waals surface area contributed by atoms with Gasteiger partial charge in [-0.1, -0.05) is 12.1 Å². The Labute approximate surface area is 93.2 Å². The molecule has 0 aliphatic heterocycles. The number of aromatic carboxylic acids is 1. The molecule has 4 heteroatoms. The van der Waals surface area contributed by atoms with E-state index in [0.717, 1.165) is 0 Å². The van der Waals surface area contributed by atoms with E-state index in [1.165, 1.54) is 24.3 Å². The summed E-state index contributed by atoms with van der Waals surface area (Å²) in [6.07, 6.45) is 0.672. The van der Waals surface area contributed by atoms with Crippen LogP contribution in [0.1, 0.15) is 22.1 Å². The molecule has 0 spiro atoms. The van der Waals surface area contributed by atoms with E-state index in [1.807, 2.05) is 0 Å². The first-order valence-electron chi connectivity index (χ1n) is 3.02. The van der Waals surface area contributed by atoms with Crippen LogP contribution in [0.25, 0.3) is 0 Å². The van der Waals surface area contributed by atoms with Gasteiger partial charge in [0.25, 0.3) is 0 Å². The van der Waals surface area contributed by atoms with E-state index in [0.29, 0.717) is 11.8 Å². The molecule has 0 atom stereocenters. The predicted octanol–water partition coefficient (Wildman–Crippen LogP) is -1.69. The van der Waals surface area contributed by atoms with Gasteiger partial charge in [0.15, 0.2) is 0 Å². The average Bonchev–Trinajstić information content (AvgIpc) is 2.05. The monoisotopic (exact) mass is 174 g/mol. The molecule has 0 unspecified atom stereocenters. The summed E-state index contributed by atoms with van der Waals surface area (Å²) < 4.78 is 0. The summed E-state index contributed by atoms with van der Waals surface area (Å²) in [5.41, 5.74) is 0.672. The van der Waals surface area contributed by atoms with Crippen molar-refractivity contribution in [3.8, 4) is 0 Å². The second-order valence-corrected chi connectivity index (χ2v) is 2.05. The van der Waals surface area contributed by atoms with Crippen LogP contribution in [0, 0.1) is 0 Å². The standard InChI is InChI=1S/C8H6O3.Na.H/c9-5-6-1-3-7(4-2-6)8(10)11;;/h1-5H,(H,10,11);;/q;+1;-1. The first kappa shape index (κ1) is 11.4. The van der Waals surface area contributed by atoms with E-state index in [2.05, 4.69) is 0 Å². The molecule has 0 fully saturated rings. The molecule has 0 saturated carbocycles. The minimum atomic E-state index is -0.984. The molecular formula is C8H7NaO3. The zero-order chi connectivity index (χ0) is 8.27. The second-order valence-electron chi connectivity index (χ2n) is 2.05. The fourth-order valence-corrected chi connectivity index (χ4v) is 0.704. The number of rotatable bonds is 2. The van der Waals surface area contributed by atoms with Gasteiger partial charge in [-0.05, 0) is 12.1 Å². The van der Waals surface area contributed by atoms with E-state index in [-0.39, 0.29) is 36.5 Å². The molecule has 3 nitrogen and oxygen atoms in total. The predicted molar refractivity (Wildman–Crippen MR) is 39.9 cm³/mol. The van der Waals surface area contributed by atoms with E-state index < -0.39 is 5.97 Å². The Kier molecular flexibility index (Phi) is 4.81. The quantitative estimate of drug-likeness (QED) is 0.430. The van der Waals surface area contributed by atoms with Crippen molar-refractivity contribution >= 4 is 12.3 Å². The van der Waals surface area contributed by atoms with Crippen molar-refractivity contribution in [3.63, 3.8) is 0 Å². The molecule has 0 aliphatic rings. The number of aldehydes is 1. The second kappa shape index (κ2) is 5.09. The van der Waals surface area contributed by atoms with Gasteiger partial charge in [0, 0.05) is 5.56 Å². The molecule has 0 radical (unpaired) electrons. The van der Waals surface area contributed by atoms with Crippen LogP contribution in [-0.4, -0.2) is 17.4 Å². The Bertz CT molecular complexity index is 284. The molecule has 1 aromatic carbocycles. The molecular weight excluding hydrogens is 167 g/mol. The molecule has 0 aromatic heterocycles. The minimum Gasteiger partial charge on any atom is -1.00 e. The van der Waals surface area contributed by atoms with Crippen molar-refractivity contribution in [1.82, 2.24) is 0 Å². The molecule has 0 aliphatic carbocycles. The van der Waals surface area contributed by atoms with Crippen LogP contribution in [0.5, 0.6) is 0 Å². The summed E-state index contributed by atoms with van der Waals surface area (Å²) in [5, 5.41) is 8.46. The molecule has 0 saturated heterocycles. The fraction of sp³-hybridized carbons (Fsp3) is 0. The molecule has 1 rings (SSSR count). The summed E-state index contributed by atoms with van der Waals surface area (Å²) in [6.45, 7) is 0. The summed E-state index contributed by atoms with van der Waals surface area (Å²) >= 11 is 0. The largest absolute Gasteiger partial charge is 1.00 e. The Morgan fingerprint density at radius 2 is 1.83 bits per heavy atom. The van der Waals surface area contributed by atoms with Crippen LogP contribution in [0.15, 0.2) is 24.3 Å². The summed E-state index contributed by atoms with van der Waals surface area (Å²) in [4.78, 5) is 20.5. The summed E-state index contributed by atoms with van der Waals surface area (Å²) in [6, 6.07) is 5.73. The third-order valence-electron chi connectivity index (χ3n) is 1.29. The first-order chi connectivity index (χ1) is 5.24. The molecule has 1 aromatic rings. The number of hydrogen-bond donors (Lipinski definition) is 1. The number of benzene rings is 1. The number of carbonyl (C=O) groups is 2. The number of carbonyl (C=O) groups excluding carboxylic acids is 1. The van der Waals surface area contributed by atoms with Gasteiger partial charge in [-0.2, -0.15) is 0 Å². The van der Waals surface area contributed by atoms with Crippen LogP contribution < -0.4 is 29.6 Å². The number of carboxylic acids is 1. The molecule has 12 heavy (non-hydrogen) atoms. The third kappa shape index (κ3) is 2.77. The molecule has 0 bridgehead atoms. The maximum absolute atomic E-state index is 10.3. The normalized spacial score (nSPS) is 8.33. The van der Waals surface area contributed by atoms with Gasteiger partial charge in [0.2, 0.25) is 0 Å². The maximum Gasteiger partial charge on any atom is 1.00 e. The van der Waals surface area contributed by atoms with Crippen LogP contribution >= 0.6 is 0 Å². The summed E-state index contributed by atoms with van der Waals surface area (Å²) in [7, 11) is 0. The van der Waals surface area contributed by atoms with Gasteiger partial charge >= 0.3 is 35.5 Å². The van der Waals surface area contributed by atoms with Crippen LogP contribution in [0.3, 0.4) is 0 Å². The molecule has 0 heterocycles. The van der Waals surface area contributed by atoms with Crippen LogP contribution in [0.4, 0.5) is 0 Å². The van der Waals surface area contributed by atoms with E-state index in [9.17, 15) is 9.59 Å². The van der Waals surface area contributed by atoms with Crippen molar-refractivity contribution in [3.05, 3.63) is 35.4 Å². The average molecular weight is 174 g/mol. The van der Waals surface area contributed by atoms with Gasteiger partial charge in [-0.15, -0.1) is 0 Å². The Morgan fingerprint density at radius 3 is 2.17 bits per heavy atom. The van der Waals surface area contributed by atoms with Crippen molar-refractivity contribution in [1.29, 1.82) is 0 Å². The van der Waals surface area contributed by atoms with Gasteiger partial charge in [-0.25, -0.2) is 4.79 Å². The SMILES string of the molecule is O=Cc1ccc(C(=O)O)cc1.[H-].[Na+]. The van der Waals surface area contributed by atoms with Gasteiger partial charge in [-0.3, -0.25) is 4.79 Å². The Hall–Kier alpha value is -0.640. The molecule has 58 valence electrons. The number of hydrogen-bond acceptors (Lipinski definition) is 2. The minimum absolute atomic E-state index is 0. The zero-order valence-electron chi connectivity index (χ0n) is 7.65. The van der Waals surface area contributed by atoms with Crippen LogP contribution in [-0.2, 0) is 0 Å². The van der Waals surface area contributed by atoms with Crippen molar-refractivity contribution in [2.45, 2.75) is 0 Å². The third-order valence-corrected chi connectivity index (χ3v) is 1.29. The summed E-state index contributed by atoms with van der Waals surface area (Å²) in [5.74, 6) is -0.984. The molecule has 0 amide bonds. The van der Waals surface area contributed by atoms with Crippen molar-refractivity contribution in [2.75, 3.05) is 0 Å². The van der Waals surface area contributed by atoms with Crippen LogP contribution in [0.2, 0.25) is 0 Å². The fourth-order valence-electron chi connectivity index (χ4n) is 0.704. The first-order valence-corrected chi connectivity index (χ1v) is 3.02.